The molecule has 3 amide bonds. The molecule has 37 heavy (non-hydrogen) atoms. The van der Waals surface area contributed by atoms with Crippen molar-refractivity contribution < 1.29 is 14.4 Å². The highest BCUT2D eigenvalue weighted by Gasteiger charge is 2.69. The van der Waals surface area contributed by atoms with E-state index in [1.165, 1.54) is 16.2 Å². The number of nitrogens with zero attached hydrogens (tertiary/aromatic N) is 1. The van der Waals surface area contributed by atoms with E-state index >= 15 is 0 Å². The van der Waals surface area contributed by atoms with Gasteiger partial charge in [-0.05, 0) is 48.8 Å². The number of likely N-dealkylation sites (tertiary alicyclic amines) is 1. The Morgan fingerprint density at radius 1 is 1.00 bits per heavy atom. The number of imide groups is 1. The molecule has 7 nitrogen and oxygen atoms in total. The van der Waals surface area contributed by atoms with Crippen LogP contribution in [0.25, 0.3) is 0 Å². The number of hydrogen-bond donors (Lipinski definition) is 2. The molecule has 188 valence electrons. The SMILES string of the molecule is Cc1ccc(NC(=O)CN2C(=O)[C@@H]3[C@H]4C[C@@H]([C@@H]3C2=O)[C@@H]2[C@H](c3ccccc3)c3sc(=O)[nH]c3S[C@@H]42)cc1. The van der Waals surface area contributed by atoms with E-state index in [2.05, 4.69) is 22.4 Å². The molecule has 1 aromatic heterocycles. The Balaban J connectivity index is 1.18. The third-order valence-corrected chi connectivity index (χ3v) is 11.2. The first-order chi connectivity index (χ1) is 17.9. The van der Waals surface area contributed by atoms with Gasteiger partial charge in [0.15, 0.2) is 0 Å². The molecule has 9 heteroatoms. The molecule has 0 unspecified atom stereocenters. The standard InChI is InChI=1S/C28H25N3O4S2/c1-13-7-9-15(10-8-13)29-18(32)12-31-26(33)21-16-11-17(22(21)27(31)34)23-20(16)19(14-5-3-2-4-6-14)24-25(36-23)30-28(35)37-24/h2-10,16-17,19-23H,11-12H2,1H3,(H,29,32)(H,30,35)/t16-,17-,19+,20-,21+,22-,23+/m1/s1. The third kappa shape index (κ3) is 3.47. The maximum Gasteiger partial charge on any atom is 0.305 e. The first-order valence-electron chi connectivity index (χ1n) is 12.6. The fourth-order valence-corrected chi connectivity index (χ4v) is 10.1. The Hall–Kier alpha value is -3.17. The maximum atomic E-state index is 13.7. The highest BCUT2D eigenvalue weighted by molar-refractivity contribution is 8.00. The molecule has 2 bridgehead atoms. The van der Waals surface area contributed by atoms with Gasteiger partial charge < -0.3 is 10.3 Å². The van der Waals surface area contributed by atoms with E-state index in [-0.39, 0.29) is 64.0 Å². The molecule has 2 aliphatic heterocycles. The number of rotatable bonds is 4. The Bertz CT molecular complexity index is 1480. The molecule has 3 aromatic rings. The first kappa shape index (κ1) is 23.0. The minimum Gasteiger partial charge on any atom is -0.325 e. The van der Waals surface area contributed by atoms with Crippen LogP contribution in [-0.4, -0.2) is 39.4 Å². The zero-order chi connectivity index (χ0) is 25.4. The highest BCUT2D eigenvalue weighted by Crippen LogP contribution is 2.68. The van der Waals surface area contributed by atoms with Gasteiger partial charge in [-0.25, -0.2) is 0 Å². The predicted molar refractivity (Wildman–Crippen MR) is 141 cm³/mol. The zero-order valence-corrected chi connectivity index (χ0v) is 21.7. The van der Waals surface area contributed by atoms with Crippen molar-refractivity contribution in [2.24, 2.45) is 29.6 Å². The Kier molecular flexibility index (Phi) is 5.23. The fraction of sp³-hybridized carbons (Fsp3) is 0.357. The van der Waals surface area contributed by atoms with Crippen molar-refractivity contribution >= 4 is 46.5 Å². The third-order valence-electron chi connectivity index (χ3n) is 8.61. The van der Waals surface area contributed by atoms with E-state index in [4.69, 9.17) is 0 Å². The van der Waals surface area contributed by atoms with E-state index < -0.39 is 5.92 Å². The quantitative estimate of drug-likeness (QED) is 0.498. The van der Waals surface area contributed by atoms with Crippen LogP contribution in [0.3, 0.4) is 0 Å². The molecule has 2 aliphatic carbocycles. The number of aryl methyl sites for hydroxylation is 1. The number of nitrogens with one attached hydrogen (secondary N) is 2. The van der Waals surface area contributed by atoms with Gasteiger partial charge in [0.1, 0.15) is 6.54 Å². The van der Waals surface area contributed by atoms with Crippen molar-refractivity contribution in [1.82, 2.24) is 9.88 Å². The van der Waals surface area contributed by atoms with Crippen molar-refractivity contribution in [1.29, 1.82) is 0 Å². The van der Waals surface area contributed by atoms with Crippen molar-refractivity contribution in [3.8, 4) is 0 Å². The summed E-state index contributed by atoms with van der Waals surface area (Å²) < 4.78 is 0. The number of benzene rings is 2. The molecule has 7 atom stereocenters. The normalized spacial score (nSPS) is 31.3. The van der Waals surface area contributed by atoms with Crippen LogP contribution >= 0.6 is 23.1 Å². The molecule has 0 radical (unpaired) electrons. The van der Waals surface area contributed by atoms with Crippen LogP contribution in [0, 0.1) is 36.5 Å². The molecule has 3 heterocycles. The Morgan fingerprint density at radius 3 is 2.43 bits per heavy atom. The van der Waals surface area contributed by atoms with Crippen LogP contribution in [0.1, 0.15) is 28.3 Å². The molecule has 4 aliphatic rings. The van der Waals surface area contributed by atoms with Crippen LogP contribution < -0.4 is 10.2 Å². The van der Waals surface area contributed by atoms with Crippen LogP contribution in [0.15, 0.2) is 64.4 Å². The summed E-state index contributed by atoms with van der Waals surface area (Å²) in [5.74, 6) is -1.31. The van der Waals surface area contributed by atoms with E-state index in [0.717, 1.165) is 27.5 Å². The van der Waals surface area contributed by atoms with Gasteiger partial charge in [0, 0.05) is 21.7 Å². The van der Waals surface area contributed by atoms with Crippen molar-refractivity contribution in [3.63, 3.8) is 0 Å². The predicted octanol–water partition coefficient (Wildman–Crippen LogP) is 3.86. The lowest BCUT2D eigenvalue weighted by Crippen LogP contribution is -2.42. The number of anilines is 1. The van der Waals surface area contributed by atoms with Gasteiger partial charge in [-0.2, -0.15) is 0 Å². The summed E-state index contributed by atoms with van der Waals surface area (Å²) in [7, 11) is 0. The van der Waals surface area contributed by atoms with Gasteiger partial charge in [-0.15, -0.1) is 11.8 Å². The van der Waals surface area contributed by atoms with E-state index in [1.807, 2.05) is 49.4 Å². The number of amides is 3. The monoisotopic (exact) mass is 531 g/mol. The number of carbonyl (C=O) groups is 3. The lowest BCUT2D eigenvalue weighted by Gasteiger charge is -2.43. The van der Waals surface area contributed by atoms with Crippen molar-refractivity contribution in [2.45, 2.75) is 29.5 Å². The molecular weight excluding hydrogens is 506 g/mol. The number of aromatic amines is 1. The zero-order valence-electron chi connectivity index (χ0n) is 20.0. The number of H-pyrrole nitrogens is 1. The van der Waals surface area contributed by atoms with Crippen LogP contribution in [0.5, 0.6) is 0 Å². The van der Waals surface area contributed by atoms with Gasteiger partial charge in [0.25, 0.3) is 0 Å². The number of carbonyl (C=O) groups excluding carboxylic acids is 3. The largest absolute Gasteiger partial charge is 0.325 e. The number of thioether (sulfide) groups is 1. The van der Waals surface area contributed by atoms with E-state index in [1.54, 1.807) is 11.8 Å². The summed E-state index contributed by atoms with van der Waals surface area (Å²) in [6.45, 7) is 1.71. The maximum absolute atomic E-state index is 13.7. The lowest BCUT2D eigenvalue weighted by atomic mass is 9.68. The molecule has 3 fully saturated rings. The molecule has 7 rings (SSSR count). The average molecular weight is 532 g/mol. The van der Waals surface area contributed by atoms with Crippen molar-refractivity contribution in [3.05, 3.63) is 80.3 Å². The summed E-state index contributed by atoms with van der Waals surface area (Å²) in [4.78, 5) is 57.5. The highest BCUT2D eigenvalue weighted by atomic mass is 32.2. The lowest BCUT2D eigenvalue weighted by molar-refractivity contribution is -0.143. The molecule has 2 aromatic carbocycles. The van der Waals surface area contributed by atoms with Gasteiger partial charge in [0.2, 0.25) is 17.7 Å². The first-order valence-corrected chi connectivity index (χ1v) is 14.3. The van der Waals surface area contributed by atoms with E-state index in [0.29, 0.717) is 5.69 Å². The smallest absolute Gasteiger partial charge is 0.305 e. The second-order valence-electron chi connectivity index (χ2n) is 10.5. The Morgan fingerprint density at radius 2 is 1.70 bits per heavy atom. The van der Waals surface area contributed by atoms with Crippen LogP contribution in [0.2, 0.25) is 0 Å². The minimum absolute atomic E-state index is 0.0177. The number of aromatic nitrogens is 1. The van der Waals surface area contributed by atoms with Gasteiger partial charge >= 0.3 is 4.87 Å². The number of hydrogen-bond acceptors (Lipinski definition) is 6. The summed E-state index contributed by atoms with van der Waals surface area (Å²) in [6, 6.07) is 17.6. The molecule has 1 saturated heterocycles. The second-order valence-corrected chi connectivity index (χ2v) is 12.8. The molecule has 0 spiro atoms. The summed E-state index contributed by atoms with van der Waals surface area (Å²) in [6.07, 6.45) is 0.834. The molecule has 2 saturated carbocycles. The van der Waals surface area contributed by atoms with Crippen LogP contribution in [-0.2, 0) is 14.4 Å². The van der Waals surface area contributed by atoms with Gasteiger partial charge in [-0.3, -0.25) is 24.1 Å². The summed E-state index contributed by atoms with van der Waals surface area (Å²) >= 11 is 2.93. The van der Waals surface area contributed by atoms with Crippen molar-refractivity contribution in [2.75, 3.05) is 11.9 Å². The van der Waals surface area contributed by atoms with Gasteiger partial charge in [0.05, 0.1) is 16.9 Å². The van der Waals surface area contributed by atoms with Crippen LogP contribution in [0.4, 0.5) is 5.69 Å². The van der Waals surface area contributed by atoms with E-state index in [9.17, 15) is 19.2 Å². The summed E-state index contributed by atoms with van der Waals surface area (Å²) in [5, 5.41) is 3.86. The number of thiazole rings is 1. The second kappa shape index (κ2) is 8.43. The minimum atomic E-state index is -0.394. The molecule has 2 N–H and O–H groups in total. The Labute approximate surface area is 221 Å². The van der Waals surface area contributed by atoms with Gasteiger partial charge in [-0.1, -0.05) is 59.4 Å². The topological polar surface area (TPSA) is 99.3 Å². The molecular formula is C28H25N3O4S2. The average Bonchev–Trinajstić information content (AvgIpc) is 3.62. The summed E-state index contributed by atoms with van der Waals surface area (Å²) in [5.41, 5.74) is 2.87. The fourth-order valence-electron chi connectivity index (χ4n) is 7.25. The number of fused-ring (bicyclic) bond motifs is 9.